The highest BCUT2D eigenvalue weighted by molar-refractivity contribution is 6.34. The number of anilines is 1. The molecule has 4 nitrogen and oxygen atoms in total. The van der Waals surface area contributed by atoms with Gasteiger partial charge >= 0.3 is 6.18 Å². The molecule has 2 aromatic rings. The number of nitrogens with zero attached hydrogens (tertiary/aromatic N) is 1. The number of carbonyl (C=O) groups is 1. The fourth-order valence-corrected chi connectivity index (χ4v) is 2.86. The number of halogens is 4. The number of rotatable bonds is 3. The Labute approximate surface area is 158 Å². The SMILES string of the molecule is O=C(Nc1ccc(C(F)(F)F)cc1)c1ccc(C2=C(Cl)C=CCN2O)cc1. The van der Waals surface area contributed by atoms with Crippen molar-refractivity contribution in [3.8, 4) is 0 Å². The summed E-state index contributed by atoms with van der Waals surface area (Å²) in [5.74, 6) is -0.467. The van der Waals surface area contributed by atoms with E-state index in [4.69, 9.17) is 11.6 Å². The van der Waals surface area contributed by atoms with Crippen molar-refractivity contribution in [1.82, 2.24) is 5.06 Å². The number of alkyl halides is 3. The summed E-state index contributed by atoms with van der Waals surface area (Å²) >= 11 is 6.10. The molecule has 0 spiro atoms. The van der Waals surface area contributed by atoms with Gasteiger partial charge in [0.15, 0.2) is 0 Å². The largest absolute Gasteiger partial charge is 0.416 e. The summed E-state index contributed by atoms with van der Waals surface area (Å²) in [6.45, 7) is 0.293. The zero-order valence-electron chi connectivity index (χ0n) is 13.8. The van der Waals surface area contributed by atoms with Gasteiger partial charge in [-0.25, -0.2) is 0 Å². The molecule has 0 aromatic heterocycles. The van der Waals surface area contributed by atoms with E-state index < -0.39 is 17.6 Å². The van der Waals surface area contributed by atoms with Crippen LogP contribution < -0.4 is 5.32 Å². The Balaban J connectivity index is 1.74. The Morgan fingerprint density at radius 2 is 1.70 bits per heavy atom. The van der Waals surface area contributed by atoms with E-state index in [2.05, 4.69) is 5.32 Å². The second kappa shape index (κ2) is 7.46. The summed E-state index contributed by atoms with van der Waals surface area (Å²) < 4.78 is 37.7. The van der Waals surface area contributed by atoms with Crippen LogP contribution in [0.2, 0.25) is 0 Å². The molecule has 0 saturated carbocycles. The lowest BCUT2D eigenvalue weighted by Gasteiger charge is -2.23. The zero-order valence-corrected chi connectivity index (χ0v) is 14.6. The maximum atomic E-state index is 12.6. The van der Waals surface area contributed by atoms with E-state index in [1.54, 1.807) is 24.3 Å². The fourth-order valence-electron chi connectivity index (χ4n) is 2.56. The van der Waals surface area contributed by atoms with Crippen LogP contribution in [-0.4, -0.2) is 22.7 Å². The first-order valence-electron chi connectivity index (χ1n) is 7.87. The van der Waals surface area contributed by atoms with Gasteiger partial charge in [0.05, 0.1) is 22.8 Å². The molecule has 2 N–H and O–H groups in total. The lowest BCUT2D eigenvalue weighted by molar-refractivity contribution is -0.137. The number of hydroxylamine groups is 2. The Kier molecular flexibility index (Phi) is 5.25. The average Bonchev–Trinajstić information content (AvgIpc) is 2.62. The van der Waals surface area contributed by atoms with E-state index in [-0.39, 0.29) is 5.69 Å². The fraction of sp³-hybridized carbons (Fsp3) is 0.105. The molecule has 0 unspecified atom stereocenters. The van der Waals surface area contributed by atoms with Gasteiger partial charge in [0.2, 0.25) is 0 Å². The van der Waals surface area contributed by atoms with Crippen molar-refractivity contribution in [3.63, 3.8) is 0 Å². The first-order valence-corrected chi connectivity index (χ1v) is 8.25. The third-order valence-electron chi connectivity index (χ3n) is 3.92. The highest BCUT2D eigenvalue weighted by Crippen LogP contribution is 2.30. The van der Waals surface area contributed by atoms with Crippen LogP contribution in [0, 0.1) is 0 Å². The van der Waals surface area contributed by atoms with Gasteiger partial charge in [0, 0.05) is 16.8 Å². The molecule has 1 aliphatic rings. The molecule has 2 aromatic carbocycles. The number of hydrogen-bond acceptors (Lipinski definition) is 3. The molecular formula is C19H14ClF3N2O2. The summed E-state index contributed by atoms with van der Waals surface area (Å²) in [5, 5.41) is 13.8. The molecule has 0 fully saturated rings. The third-order valence-corrected chi connectivity index (χ3v) is 4.22. The van der Waals surface area contributed by atoms with Crippen LogP contribution >= 0.6 is 11.6 Å². The second-order valence-corrected chi connectivity index (χ2v) is 6.19. The number of carbonyl (C=O) groups excluding carboxylic acids is 1. The molecule has 3 rings (SSSR count). The zero-order chi connectivity index (χ0) is 19.6. The van der Waals surface area contributed by atoms with Crippen LogP contribution in [0.25, 0.3) is 5.70 Å². The molecule has 0 radical (unpaired) electrons. The van der Waals surface area contributed by atoms with Crippen LogP contribution in [0.5, 0.6) is 0 Å². The van der Waals surface area contributed by atoms with Crippen LogP contribution in [0.15, 0.2) is 65.7 Å². The van der Waals surface area contributed by atoms with Gasteiger partial charge in [-0.1, -0.05) is 29.8 Å². The molecule has 0 atom stereocenters. The van der Waals surface area contributed by atoms with Crippen molar-refractivity contribution in [2.24, 2.45) is 0 Å². The lowest BCUT2D eigenvalue weighted by Crippen LogP contribution is -2.21. The first-order chi connectivity index (χ1) is 12.8. The summed E-state index contributed by atoms with van der Waals surface area (Å²) in [6.07, 6.45) is -1.05. The van der Waals surface area contributed by atoms with E-state index in [1.807, 2.05) is 0 Å². The Morgan fingerprint density at radius 3 is 2.26 bits per heavy atom. The molecule has 0 saturated heterocycles. The van der Waals surface area contributed by atoms with Crippen LogP contribution in [-0.2, 0) is 6.18 Å². The smallest absolute Gasteiger partial charge is 0.322 e. The number of hydrogen-bond donors (Lipinski definition) is 2. The molecule has 1 heterocycles. The maximum absolute atomic E-state index is 12.6. The molecule has 0 bridgehead atoms. The normalized spacial score (nSPS) is 14.5. The molecular weight excluding hydrogens is 381 g/mol. The predicted molar refractivity (Wildman–Crippen MR) is 96.2 cm³/mol. The second-order valence-electron chi connectivity index (χ2n) is 5.79. The van der Waals surface area contributed by atoms with E-state index in [9.17, 15) is 23.2 Å². The molecule has 27 heavy (non-hydrogen) atoms. The molecule has 1 amide bonds. The van der Waals surface area contributed by atoms with Gasteiger partial charge in [-0.2, -0.15) is 13.2 Å². The van der Waals surface area contributed by atoms with Gasteiger partial charge in [0.25, 0.3) is 5.91 Å². The van der Waals surface area contributed by atoms with E-state index in [1.165, 1.54) is 24.3 Å². The van der Waals surface area contributed by atoms with Gasteiger partial charge < -0.3 is 5.32 Å². The third kappa shape index (κ3) is 4.32. The summed E-state index contributed by atoms with van der Waals surface area (Å²) in [6, 6.07) is 10.5. The number of allylic oxidation sites excluding steroid dienone is 2. The maximum Gasteiger partial charge on any atom is 0.416 e. The Hall–Kier alpha value is -2.77. The topological polar surface area (TPSA) is 52.6 Å². The minimum absolute atomic E-state index is 0.252. The summed E-state index contributed by atoms with van der Waals surface area (Å²) in [7, 11) is 0. The number of benzene rings is 2. The van der Waals surface area contributed by atoms with E-state index in [0.717, 1.165) is 17.2 Å². The van der Waals surface area contributed by atoms with Gasteiger partial charge in [0.1, 0.15) is 0 Å². The van der Waals surface area contributed by atoms with Crippen molar-refractivity contribution in [2.75, 3.05) is 11.9 Å². The van der Waals surface area contributed by atoms with E-state index in [0.29, 0.717) is 28.4 Å². The number of amides is 1. The Bertz CT molecular complexity index is 904. The van der Waals surface area contributed by atoms with Crippen LogP contribution in [0.1, 0.15) is 21.5 Å². The monoisotopic (exact) mass is 394 g/mol. The van der Waals surface area contributed by atoms with Crippen molar-refractivity contribution in [2.45, 2.75) is 6.18 Å². The lowest BCUT2D eigenvalue weighted by atomic mass is 10.1. The summed E-state index contributed by atoms with van der Waals surface area (Å²) in [5.41, 5.74) is 0.824. The number of nitrogens with one attached hydrogen (secondary N) is 1. The van der Waals surface area contributed by atoms with Crippen LogP contribution in [0.4, 0.5) is 18.9 Å². The van der Waals surface area contributed by atoms with E-state index >= 15 is 0 Å². The van der Waals surface area contributed by atoms with Crippen LogP contribution in [0.3, 0.4) is 0 Å². The molecule has 8 heteroatoms. The Morgan fingerprint density at radius 1 is 1.07 bits per heavy atom. The highest BCUT2D eigenvalue weighted by atomic mass is 35.5. The van der Waals surface area contributed by atoms with Gasteiger partial charge in [-0.05, 0) is 42.5 Å². The van der Waals surface area contributed by atoms with Crippen molar-refractivity contribution >= 4 is 28.9 Å². The minimum Gasteiger partial charge on any atom is -0.322 e. The molecule has 1 aliphatic heterocycles. The minimum atomic E-state index is -4.43. The molecule has 0 aliphatic carbocycles. The predicted octanol–water partition coefficient (Wildman–Crippen LogP) is 5.13. The highest BCUT2D eigenvalue weighted by Gasteiger charge is 2.30. The van der Waals surface area contributed by atoms with Gasteiger partial charge in [-0.3, -0.25) is 15.1 Å². The standard InChI is InChI=1S/C19H14ClF3N2O2/c20-16-2-1-11-25(27)17(16)12-3-5-13(6-4-12)18(26)24-15-9-7-14(8-10-15)19(21,22)23/h1-10,27H,11H2,(H,24,26). The van der Waals surface area contributed by atoms with Crippen molar-refractivity contribution < 1.29 is 23.2 Å². The summed E-state index contributed by atoms with van der Waals surface area (Å²) in [4.78, 5) is 12.3. The van der Waals surface area contributed by atoms with Crippen molar-refractivity contribution in [3.05, 3.63) is 82.4 Å². The first kappa shape index (κ1) is 19.0. The molecule has 140 valence electrons. The average molecular weight is 395 g/mol. The van der Waals surface area contributed by atoms with Crippen molar-refractivity contribution in [1.29, 1.82) is 0 Å². The quantitative estimate of drug-likeness (QED) is 0.759. The van der Waals surface area contributed by atoms with Gasteiger partial charge in [-0.15, -0.1) is 0 Å².